The van der Waals surface area contributed by atoms with E-state index in [2.05, 4.69) is 0 Å². The van der Waals surface area contributed by atoms with Crippen molar-refractivity contribution in [3.63, 3.8) is 0 Å². The van der Waals surface area contributed by atoms with Crippen LogP contribution in [0.25, 0.3) is 0 Å². The molecule has 1 aromatic rings. The van der Waals surface area contributed by atoms with Crippen LogP contribution < -0.4 is 5.73 Å². The van der Waals surface area contributed by atoms with Gasteiger partial charge in [-0.3, -0.25) is 4.90 Å². The lowest BCUT2D eigenvalue weighted by Gasteiger charge is -2.38. The first-order chi connectivity index (χ1) is 8.60. The third kappa shape index (κ3) is 3.00. The number of anilines is 1. The van der Waals surface area contributed by atoms with Crippen molar-refractivity contribution in [2.75, 3.05) is 25.4 Å². The molecule has 0 radical (unpaired) electrons. The summed E-state index contributed by atoms with van der Waals surface area (Å²) in [6.07, 6.45) is -1.64. The van der Waals surface area contributed by atoms with Crippen molar-refractivity contribution in [1.29, 1.82) is 0 Å². The van der Waals surface area contributed by atoms with Gasteiger partial charge in [0.15, 0.2) is 0 Å². The van der Waals surface area contributed by atoms with Gasteiger partial charge in [-0.25, -0.2) is 0 Å². The summed E-state index contributed by atoms with van der Waals surface area (Å²) < 4.78 is 0. The predicted octanol–water partition coefficient (Wildman–Crippen LogP) is -0.585. The number of benzene rings is 1. The Labute approximate surface area is 106 Å². The highest BCUT2D eigenvalue weighted by Crippen LogP contribution is 2.19. The summed E-state index contributed by atoms with van der Waals surface area (Å²) in [6.45, 7) is 1.57. The summed E-state index contributed by atoms with van der Waals surface area (Å²) in [4.78, 5) is 2.03. The van der Waals surface area contributed by atoms with Gasteiger partial charge in [0, 0.05) is 37.8 Å². The summed E-state index contributed by atoms with van der Waals surface area (Å²) in [5, 5.41) is 28.6. The van der Waals surface area contributed by atoms with Gasteiger partial charge in [0.1, 0.15) is 0 Å². The van der Waals surface area contributed by atoms with Crippen molar-refractivity contribution in [2.24, 2.45) is 5.92 Å². The zero-order valence-corrected chi connectivity index (χ0v) is 10.2. The molecule has 3 atom stereocenters. The fourth-order valence-electron chi connectivity index (χ4n) is 2.38. The Morgan fingerprint density at radius 1 is 1.17 bits per heavy atom. The molecule has 18 heavy (non-hydrogen) atoms. The van der Waals surface area contributed by atoms with E-state index in [0.717, 1.165) is 11.3 Å². The molecule has 100 valence electrons. The van der Waals surface area contributed by atoms with E-state index in [1.165, 1.54) is 0 Å². The number of aliphatic hydroxyl groups is 3. The summed E-state index contributed by atoms with van der Waals surface area (Å²) in [6, 6.07) is 7.57. The first-order valence-electron chi connectivity index (χ1n) is 6.14. The molecule has 2 rings (SSSR count). The highest BCUT2D eigenvalue weighted by molar-refractivity contribution is 5.39. The summed E-state index contributed by atoms with van der Waals surface area (Å²) in [5.41, 5.74) is 7.45. The predicted molar refractivity (Wildman–Crippen MR) is 68.7 cm³/mol. The Hall–Kier alpha value is -1.14. The van der Waals surface area contributed by atoms with Crippen molar-refractivity contribution < 1.29 is 15.3 Å². The van der Waals surface area contributed by atoms with Gasteiger partial charge in [0.25, 0.3) is 0 Å². The number of nitrogens with zero attached hydrogens (tertiary/aromatic N) is 1. The fraction of sp³-hybridized carbons (Fsp3) is 0.538. The van der Waals surface area contributed by atoms with Crippen LogP contribution in [0, 0.1) is 5.92 Å². The van der Waals surface area contributed by atoms with Gasteiger partial charge in [0.05, 0.1) is 12.2 Å². The first kappa shape index (κ1) is 13.3. The fourth-order valence-corrected chi connectivity index (χ4v) is 2.38. The number of piperidine rings is 1. The molecule has 1 aliphatic rings. The summed E-state index contributed by atoms with van der Waals surface area (Å²) >= 11 is 0. The Bertz CT molecular complexity index is 382. The second-order valence-corrected chi connectivity index (χ2v) is 4.94. The third-order valence-electron chi connectivity index (χ3n) is 3.44. The number of β-amino-alcohol motifs (C(OH)–C–C–N with tert-alkyl or cyclic N) is 1. The molecule has 0 spiro atoms. The van der Waals surface area contributed by atoms with Gasteiger partial charge in [0.2, 0.25) is 0 Å². The van der Waals surface area contributed by atoms with E-state index in [1.54, 1.807) is 0 Å². The largest absolute Gasteiger partial charge is 0.399 e. The number of aliphatic hydroxyl groups excluding tert-OH is 3. The van der Waals surface area contributed by atoms with Crippen LogP contribution in [0.2, 0.25) is 0 Å². The van der Waals surface area contributed by atoms with E-state index in [0.29, 0.717) is 19.6 Å². The average molecular weight is 252 g/mol. The zero-order valence-electron chi connectivity index (χ0n) is 10.2. The summed E-state index contributed by atoms with van der Waals surface area (Å²) in [7, 11) is 0. The Kier molecular flexibility index (Phi) is 4.19. The number of rotatable bonds is 3. The van der Waals surface area contributed by atoms with Crippen LogP contribution >= 0.6 is 0 Å². The zero-order chi connectivity index (χ0) is 13.1. The maximum Gasteiger partial charge on any atom is 0.0929 e. The number of hydrogen-bond donors (Lipinski definition) is 4. The Balaban J connectivity index is 1.99. The molecule has 1 aliphatic heterocycles. The minimum Gasteiger partial charge on any atom is -0.399 e. The quantitative estimate of drug-likeness (QED) is 0.540. The van der Waals surface area contributed by atoms with E-state index in [9.17, 15) is 15.3 Å². The topological polar surface area (TPSA) is 90.0 Å². The van der Waals surface area contributed by atoms with Crippen LogP contribution in [0.4, 0.5) is 5.69 Å². The molecule has 1 saturated heterocycles. The molecule has 0 amide bonds. The molecule has 5 heteroatoms. The molecule has 1 aromatic carbocycles. The molecular formula is C13H20N2O3. The van der Waals surface area contributed by atoms with Crippen LogP contribution in [0.3, 0.4) is 0 Å². The SMILES string of the molecule is Nc1ccc(CN2CC(O)C(O)C(CO)C2)cc1. The van der Waals surface area contributed by atoms with Gasteiger partial charge in [-0.15, -0.1) is 0 Å². The smallest absolute Gasteiger partial charge is 0.0929 e. The molecule has 3 unspecified atom stereocenters. The van der Waals surface area contributed by atoms with E-state index in [-0.39, 0.29) is 12.5 Å². The monoisotopic (exact) mass is 252 g/mol. The lowest BCUT2D eigenvalue weighted by Crippen LogP contribution is -2.53. The van der Waals surface area contributed by atoms with Crippen LogP contribution in [-0.4, -0.2) is 52.1 Å². The van der Waals surface area contributed by atoms with E-state index in [1.807, 2.05) is 29.2 Å². The molecule has 5 nitrogen and oxygen atoms in total. The number of hydrogen-bond acceptors (Lipinski definition) is 5. The molecule has 0 saturated carbocycles. The molecule has 1 fully saturated rings. The van der Waals surface area contributed by atoms with E-state index in [4.69, 9.17) is 5.73 Å². The standard InChI is InChI=1S/C13H20N2O3/c14-11-3-1-9(2-4-11)5-15-6-10(8-16)13(18)12(17)7-15/h1-4,10,12-13,16-18H,5-8,14H2. The minimum absolute atomic E-state index is 0.115. The molecule has 5 N–H and O–H groups in total. The number of nitrogens with two attached hydrogens (primary N) is 1. The lowest BCUT2D eigenvalue weighted by molar-refractivity contribution is -0.0879. The molecule has 0 aliphatic carbocycles. The third-order valence-corrected chi connectivity index (χ3v) is 3.44. The maximum atomic E-state index is 9.75. The highest BCUT2D eigenvalue weighted by atomic mass is 16.3. The van der Waals surface area contributed by atoms with Gasteiger partial charge < -0.3 is 21.1 Å². The van der Waals surface area contributed by atoms with Crippen molar-refractivity contribution in [3.05, 3.63) is 29.8 Å². The minimum atomic E-state index is -0.835. The second-order valence-electron chi connectivity index (χ2n) is 4.94. The van der Waals surface area contributed by atoms with E-state index >= 15 is 0 Å². The average Bonchev–Trinajstić information content (AvgIpc) is 2.36. The van der Waals surface area contributed by atoms with Gasteiger partial charge >= 0.3 is 0 Å². The molecule has 0 bridgehead atoms. The van der Waals surface area contributed by atoms with Gasteiger partial charge in [-0.1, -0.05) is 12.1 Å². The molecule has 1 heterocycles. The molecular weight excluding hydrogens is 232 g/mol. The van der Waals surface area contributed by atoms with Crippen molar-refractivity contribution in [2.45, 2.75) is 18.8 Å². The van der Waals surface area contributed by atoms with Gasteiger partial charge in [-0.2, -0.15) is 0 Å². The molecule has 0 aromatic heterocycles. The maximum absolute atomic E-state index is 9.75. The Morgan fingerprint density at radius 3 is 2.44 bits per heavy atom. The van der Waals surface area contributed by atoms with Crippen LogP contribution in [0.1, 0.15) is 5.56 Å². The number of likely N-dealkylation sites (tertiary alicyclic amines) is 1. The van der Waals surface area contributed by atoms with Crippen molar-refractivity contribution >= 4 is 5.69 Å². The number of nitrogen functional groups attached to an aromatic ring is 1. The van der Waals surface area contributed by atoms with Crippen molar-refractivity contribution in [1.82, 2.24) is 4.90 Å². The van der Waals surface area contributed by atoms with Crippen LogP contribution in [0.5, 0.6) is 0 Å². The van der Waals surface area contributed by atoms with Crippen molar-refractivity contribution in [3.8, 4) is 0 Å². The van der Waals surface area contributed by atoms with Crippen LogP contribution in [-0.2, 0) is 6.54 Å². The lowest BCUT2D eigenvalue weighted by atomic mass is 9.93. The Morgan fingerprint density at radius 2 is 1.83 bits per heavy atom. The van der Waals surface area contributed by atoms with E-state index < -0.39 is 12.2 Å². The summed E-state index contributed by atoms with van der Waals surface area (Å²) in [5.74, 6) is -0.289. The highest BCUT2D eigenvalue weighted by Gasteiger charge is 2.33. The first-order valence-corrected chi connectivity index (χ1v) is 6.14. The van der Waals surface area contributed by atoms with Crippen LogP contribution in [0.15, 0.2) is 24.3 Å². The second kappa shape index (κ2) is 5.67. The normalized spacial score (nSPS) is 29.4. The van der Waals surface area contributed by atoms with Gasteiger partial charge in [-0.05, 0) is 17.7 Å².